The molecule has 0 spiro atoms. The highest BCUT2D eigenvalue weighted by molar-refractivity contribution is 5.88. The van der Waals surface area contributed by atoms with Gasteiger partial charge in [0.15, 0.2) is 0 Å². The predicted octanol–water partition coefficient (Wildman–Crippen LogP) is 4.72. The van der Waals surface area contributed by atoms with Crippen molar-refractivity contribution in [3.63, 3.8) is 0 Å². The second kappa shape index (κ2) is 8.16. The Balaban J connectivity index is 1.59. The van der Waals surface area contributed by atoms with Gasteiger partial charge in [-0.25, -0.2) is 9.18 Å². The Kier molecular flexibility index (Phi) is 5.49. The molecule has 26 heavy (non-hydrogen) atoms. The van der Waals surface area contributed by atoms with E-state index in [1.165, 1.54) is 12.1 Å². The molecule has 132 valence electrons. The highest BCUT2D eigenvalue weighted by Crippen LogP contribution is 2.17. The zero-order valence-electron chi connectivity index (χ0n) is 14.0. The third kappa shape index (κ3) is 4.83. The van der Waals surface area contributed by atoms with Crippen molar-refractivity contribution in [2.24, 2.45) is 0 Å². The van der Waals surface area contributed by atoms with Gasteiger partial charge in [-0.1, -0.05) is 30.3 Å². The molecule has 0 radical (unpaired) electrons. The molecule has 3 rings (SSSR count). The van der Waals surface area contributed by atoms with Crippen LogP contribution in [0.25, 0.3) is 0 Å². The first-order chi connectivity index (χ1) is 12.6. The Morgan fingerprint density at radius 3 is 2.50 bits per heavy atom. The summed E-state index contributed by atoms with van der Waals surface area (Å²) in [5, 5.41) is 12.2. The number of carboxylic acids is 1. The number of carboxylic acid groups (broad SMARTS) is 1. The molecule has 0 bridgehead atoms. The molecule has 0 saturated carbocycles. The lowest BCUT2D eigenvalue weighted by Crippen LogP contribution is -2.02. The van der Waals surface area contributed by atoms with Crippen LogP contribution >= 0.6 is 0 Å². The van der Waals surface area contributed by atoms with Gasteiger partial charge in [-0.15, -0.1) is 0 Å². The van der Waals surface area contributed by atoms with Crippen LogP contribution in [0.2, 0.25) is 0 Å². The molecule has 0 saturated heterocycles. The summed E-state index contributed by atoms with van der Waals surface area (Å²) in [5.74, 6) is -0.508. The number of anilines is 1. The van der Waals surface area contributed by atoms with Crippen molar-refractivity contribution >= 4 is 11.7 Å². The van der Waals surface area contributed by atoms with Gasteiger partial charge in [0.1, 0.15) is 18.2 Å². The number of hydrogen-bond donors (Lipinski definition) is 2. The zero-order valence-corrected chi connectivity index (χ0v) is 14.0. The van der Waals surface area contributed by atoms with Crippen molar-refractivity contribution in [3.05, 3.63) is 95.3 Å². The van der Waals surface area contributed by atoms with Gasteiger partial charge >= 0.3 is 5.97 Å². The standard InChI is InChI=1S/C21H18FNO3/c22-18-9-7-15(8-10-18)14-26-20-6-1-3-16(11-20)13-23-19-5-2-4-17(12-19)21(24)25/h1-12,23H,13-14H2,(H,24,25). The molecular formula is C21H18FNO3. The van der Waals surface area contributed by atoms with Gasteiger partial charge in [0.05, 0.1) is 5.56 Å². The fraction of sp³-hybridized carbons (Fsp3) is 0.0952. The van der Waals surface area contributed by atoms with Crippen molar-refractivity contribution in [1.29, 1.82) is 0 Å². The number of rotatable bonds is 7. The molecule has 0 amide bonds. The Bertz CT molecular complexity index is 894. The Morgan fingerprint density at radius 1 is 0.962 bits per heavy atom. The van der Waals surface area contributed by atoms with Crippen LogP contribution in [0, 0.1) is 5.82 Å². The summed E-state index contributed by atoms with van der Waals surface area (Å²) in [5.41, 5.74) is 2.87. The third-order valence-corrected chi connectivity index (χ3v) is 3.82. The number of benzene rings is 3. The molecule has 3 aromatic rings. The number of halogens is 1. The van der Waals surface area contributed by atoms with E-state index in [1.807, 2.05) is 30.3 Å². The molecule has 0 aliphatic rings. The van der Waals surface area contributed by atoms with E-state index in [0.717, 1.165) is 16.8 Å². The van der Waals surface area contributed by atoms with Gasteiger partial charge in [0.25, 0.3) is 0 Å². The average Bonchev–Trinajstić information content (AvgIpc) is 2.66. The Labute approximate surface area is 150 Å². The van der Waals surface area contributed by atoms with Crippen molar-refractivity contribution in [2.45, 2.75) is 13.2 Å². The van der Waals surface area contributed by atoms with Crippen LogP contribution in [0.1, 0.15) is 21.5 Å². The molecule has 0 aliphatic heterocycles. The van der Waals surface area contributed by atoms with Crippen LogP contribution in [-0.4, -0.2) is 11.1 Å². The zero-order chi connectivity index (χ0) is 18.4. The lowest BCUT2D eigenvalue weighted by Gasteiger charge is -2.10. The maximum atomic E-state index is 12.9. The normalized spacial score (nSPS) is 10.3. The number of aromatic carboxylic acids is 1. The quantitative estimate of drug-likeness (QED) is 0.647. The van der Waals surface area contributed by atoms with Gasteiger partial charge in [-0.3, -0.25) is 0 Å². The van der Waals surface area contributed by atoms with Gasteiger partial charge in [0.2, 0.25) is 0 Å². The first-order valence-electron chi connectivity index (χ1n) is 8.13. The van der Waals surface area contributed by atoms with E-state index in [9.17, 15) is 9.18 Å². The van der Waals surface area contributed by atoms with Crippen LogP contribution in [0.3, 0.4) is 0 Å². The highest BCUT2D eigenvalue weighted by Gasteiger charge is 2.04. The number of ether oxygens (including phenoxy) is 1. The van der Waals surface area contributed by atoms with Crippen molar-refractivity contribution in [2.75, 3.05) is 5.32 Å². The van der Waals surface area contributed by atoms with Crippen LogP contribution < -0.4 is 10.1 Å². The molecule has 0 atom stereocenters. The minimum absolute atomic E-state index is 0.242. The van der Waals surface area contributed by atoms with E-state index in [1.54, 1.807) is 30.3 Å². The summed E-state index contributed by atoms with van der Waals surface area (Å²) in [6.45, 7) is 0.897. The molecule has 2 N–H and O–H groups in total. The van der Waals surface area contributed by atoms with E-state index in [2.05, 4.69) is 5.32 Å². The first-order valence-corrected chi connectivity index (χ1v) is 8.13. The monoisotopic (exact) mass is 351 g/mol. The minimum atomic E-state index is -0.954. The molecule has 5 heteroatoms. The third-order valence-electron chi connectivity index (χ3n) is 3.82. The molecule has 4 nitrogen and oxygen atoms in total. The lowest BCUT2D eigenvalue weighted by molar-refractivity contribution is 0.0697. The minimum Gasteiger partial charge on any atom is -0.489 e. The number of nitrogens with one attached hydrogen (secondary N) is 1. The largest absolute Gasteiger partial charge is 0.489 e. The summed E-state index contributed by atoms with van der Waals surface area (Å²) in [6.07, 6.45) is 0. The van der Waals surface area contributed by atoms with Crippen LogP contribution in [0.4, 0.5) is 10.1 Å². The Hall–Kier alpha value is -3.34. The summed E-state index contributed by atoms with van der Waals surface area (Å²) in [7, 11) is 0. The summed E-state index contributed by atoms with van der Waals surface area (Å²) < 4.78 is 18.7. The predicted molar refractivity (Wildman–Crippen MR) is 97.9 cm³/mol. The van der Waals surface area contributed by atoms with Crippen LogP contribution in [-0.2, 0) is 13.2 Å². The maximum Gasteiger partial charge on any atom is 0.335 e. The molecule has 0 aliphatic carbocycles. The van der Waals surface area contributed by atoms with E-state index < -0.39 is 5.97 Å². The summed E-state index contributed by atoms with van der Waals surface area (Å²) in [4.78, 5) is 11.0. The maximum absolute atomic E-state index is 12.9. The van der Waals surface area contributed by atoms with Gasteiger partial charge in [-0.05, 0) is 53.6 Å². The number of carbonyl (C=O) groups is 1. The molecule has 0 heterocycles. The van der Waals surface area contributed by atoms with Crippen LogP contribution in [0.5, 0.6) is 5.75 Å². The molecular weight excluding hydrogens is 333 g/mol. The average molecular weight is 351 g/mol. The summed E-state index contributed by atoms with van der Waals surface area (Å²) in [6, 6.07) is 20.5. The Morgan fingerprint density at radius 2 is 1.73 bits per heavy atom. The molecule has 0 fully saturated rings. The SMILES string of the molecule is O=C(O)c1cccc(NCc2cccc(OCc3ccc(F)cc3)c2)c1. The molecule has 3 aromatic carbocycles. The van der Waals surface area contributed by atoms with Gasteiger partial charge in [-0.2, -0.15) is 0 Å². The van der Waals surface area contributed by atoms with E-state index in [0.29, 0.717) is 18.9 Å². The van der Waals surface area contributed by atoms with Crippen molar-refractivity contribution in [3.8, 4) is 5.75 Å². The van der Waals surface area contributed by atoms with Gasteiger partial charge < -0.3 is 15.2 Å². The second-order valence-electron chi connectivity index (χ2n) is 5.80. The topological polar surface area (TPSA) is 58.6 Å². The van der Waals surface area contributed by atoms with E-state index in [-0.39, 0.29) is 11.4 Å². The lowest BCUT2D eigenvalue weighted by atomic mass is 10.2. The molecule has 0 aromatic heterocycles. The van der Waals surface area contributed by atoms with E-state index >= 15 is 0 Å². The van der Waals surface area contributed by atoms with Crippen LogP contribution in [0.15, 0.2) is 72.8 Å². The van der Waals surface area contributed by atoms with Gasteiger partial charge in [0, 0.05) is 12.2 Å². The molecule has 0 unspecified atom stereocenters. The van der Waals surface area contributed by atoms with Crippen molar-refractivity contribution < 1.29 is 19.0 Å². The second-order valence-corrected chi connectivity index (χ2v) is 5.80. The van der Waals surface area contributed by atoms with Crippen molar-refractivity contribution in [1.82, 2.24) is 0 Å². The number of hydrogen-bond acceptors (Lipinski definition) is 3. The first kappa shape index (κ1) is 17.5. The fourth-order valence-electron chi connectivity index (χ4n) is 2.46. The summed E-state index contributed by atoms with van der Waals surface area (Å²) >= 11 is 0. The van der Waals surface area contributed by atoms with E-state index in [4.69, 9.17) is 9.84 Å². The smallest absolute Gasteiger partial charge is 0.335 e. The fourth-order valence-corrected chi connectivity index (χ4v) is 2.46. The highest BCUT2D eigenvalue weighted by atomic mass is 19.1.